The normalized spacial score (nSPS) is 26.9. The molecule has 8 nitrogen and oxygen atoms in total. The van der Waals surface area contributed by atoms with Crippen LogP contribution >= 0.6 is 27.5 Å². The van der Waals surface area contributed by atoms with Gasteiger partial charge in [-0.3, -0.25) is 24.1 Å². The van der Waals surface area contributed by atoms with Crippen LogP contribution in [0.5, 0.6) is 11.5 Å². The zero-order chi connectivity index (χ0) is 35.8. The van der Waals surface area contributed by atoms with Gasteiger partial charge < -0.3 is 9.84 Å². The smallest absolute Gasteiger partial charge is 0.241 e. The van der Waals surface area contributed by atoms with E-state index in [4.69, 9.17) is 16.3 Å². The Bertz CT molecular complexity index is 2160. The third-order valence-electron chi connectivity index (χ3n) is 11.1. The van der Waals surface area contributed by atoms with Crippen LogP contribution < -0.4 is 14.5 Å². The van der Waals surface area contributed by atoms with E-state index in [1.165, 1.54) is 23.1 Å². The van der Waals surface area contributed by atoms with Crippen LogP contribution in [0.15, 0.2) is 107 Å². The molecule has 0 spiro atoms. The average molecular weight is 770 g/mol. The van der Waals surface area contributed by atoms with Crippen LogP contribution in [-0.4, -0.2) is 28.7 Å². The zero-order valence-electron chi connectivity index (χ0n) is 27.3. The molecule has 11 heteroatoms. The predicted octanol–water partition coefficient (Wildman–Crippen LogP) is 7.96. The monoisotopic (exact) mass is 768 g/mol. The van der Waals surface area contributed by atoms with Gasteiger partial charge in [-0.05, 0) is 79.8 Å². The molecule has 2 saturated heterocycles. The van der Waals surface area contributed by atoms with E-state index in [0.717, 1.165) is 26.6 Å². The van der Waals surface area contributed by atoms with E-state index in [2.05, 4.69) is 15.9 Å². The Morgan fingerprint density at radius 3 is 2.31 bits per heavy atom. The summed E-state index contributed by atoms with van der Waals surface area (Å²) >= 11 is 9.51. The number of allylic oxidation sites excluding steroid dienone is 2. The van der Waals surface area contributed by atoms with Crippen LogP contribution in [-0.2, 0) is 25.8 Å². The Morgan fingerprint density at radius 2 is 1.61 bits per heavy atom. The van der Waals surface area contributed by atoms with Gasteiger partial charge in [0.25, 0.3) is 0 Å². The van der Waals surface area contributed by atoms with Gasteiger partial charge in [-0.2, -0.15) is 0 Å². The second-order valence-electron chi connectivity index (χ2n) is 13.7. The summed E-state index contributed by atoms with van der Waals surface area (Å²) in [6.07, 6.45) is 2.30. The lowest BCUT2D eigenvalue weighted by molar-refractivity contribution is -0.131. The maximum Gasteiger partial charge on any atom is 0.241 e. The van der Waals surface area contributed by atoms with Crippen molar-refractivity contribution < 1.29 is 33.4 Å². The first-order chi connectivity index (χ1) is 24.5. The van der Waals surface area contributed by atoms with Gasteiger partial charge in [0, 0.05) is 22.0 Å². The molecule has 0 bridgehead atoms. The molecule has 6 atom stereocenters. The van der Waals surface area contributed by atoms with Crippen molar-refractivity contribution in [3.05, 3.63) is 129 Å². The quantitative estimate of drug-likeness (QED) is 0.158. The van der Waals surface area contributed by atoms with E-state index in [9.17, 15) is 28.7 Å². The summed E-state index contributed by atoms with van der Waals surface area (Å²) < 4.78 is 21.0. The standard InChI is InChI=1S/C40H31BrClFN2O6/c1-40-30(37(48)45(39(40)50)24-11-16-32(43)31(42)17-24)19-29-26(14-15-28-34(29)38(49)44(36(28)47)23-9-7-22(41)8-10-23)35(40)27-13-12-25(18-33(27)46)51-20-21-5-3-2-4-6-21/h2-14,16-18,28-30,34-35,46H,15,19-20H2,1H3. The van der Waals surface area contributed by atoms with Crippen molar-refractivity contribution in [1.82, 2.24) is 0 Å². The largest absolute Gasteiger partial charge is 0.508 e. The fourth-order valence-corrected chi connectivity index (χ4v) is 9.11. The van der Waals surface area contributed by atoms with E-state index >= 15 is 0 Å². The van der Waals surface area contributed by atoms with Crippen molar-refractivity contribution in [2.45, 2.75) is 32.3 Å². The van der Waals surface area contributed by atoms with E-state index in [1.54, 1.807) is 43.3 Å². The van der Waals surface area contributed by atoms with Crippen LogP contribution in [0.1, 0.15) is 36.8 Å². The van der Waals surface area contributed by atoms with E-state index in [-0.39, 0.29) is 47.7 Å². The third kappa shape index (κ3) is 5.21. The summed E-state index contributed by atoms with van der Waals surface area (Å²) in [5, 5.41) is 11.4. The fraction of sp³-hybridized carbons (Fsp3) is 0.250. The number of amides is 4. The molecular formula is C40H31BrClFN2O6. The van der Waals surface area contributed by atoms with Crippen LogP contribution in [0.4, 0.5) is 15.8 Å². The molecule has 2 aliphatic carbocycles. The highest BCUT2D eigenvalue weighted by atomic mass is 79.9. The number of fused-ring (bicyclic) bond motifs is 4. The van der Waals surface area contributed by atoms with E-state index < -0.39 is 52.6 Å². The lowest BCUT2D eigenvalue weighted by atomic mass is 9.51. The molecule has 3 fully saturated rings. The highest BCUT2D eigenvalue weighted by molar-refractivity contribution is 9.10. The molecule has 0 radical (unpaired) electrons. The summed E-state index contributed by atoms with van der Waals surface area (Å²) in [4.78, 5) is 59.5. The van der Waals surface area contributed by atoms with Gasteiger partial charge in [0.2, 0.25) is 23.6 Å². The molecule has 0 aromatic heterocycles. The number of hydrogen-bond acceptors (Lipinski definition) is 6. The van der Waals surface area contributed by atoms with Gasteiger partial charge >= 0.3 is 0 Å². The third-order valence-corrected chi connectivity index (χ3v) is 11.9. The maximum absolute atomic E-state index is 14.7. The molecular weight excluding hydrogens is 739 g/mol. The summed E-state index contributed by atoms with van der Waals surface area (Å²) in [6, 6.07) is 25.1. The first-order valence-electron chi connectivity index (χ1n) is 16.7. The lowest BCUT2D eigenvalue weighted by Crippen LogP contribution is -2.48. The molecule has 1 saturated carbocycles. The molecule has 258 valence electrons. The van der Waals surface area contributed by atoms with Gasteiger partial charge in [0.05, 0.1) is 39.6 Å². The van der Waals surface area contributed by atoms with Gasteiger partial charge in [-0.15, -0.1) is 0 Å². The first kappa shape index (κ1) is 33.3. The van der Waals surface area contributed by atoms with Crippen LogP contribution in [0.2, 0.25) is 5.02 Å². The Kier molecular flexibility index (Phi) is 8.14. The Balaban J connectivity index is 1.22. The predicted molar refractivity (Wildman–Crippen MR) is 192 cm³/mol. The highest BCUT2D eigenvalue weighted by Gasteiger charge is 2.68. The van der Waals surface area contributed by atoms with Crippen molar-refractivity contribution in [3.63, 3.8) is 0 Å². The minimum Gasteiger partial charge on any atom is -0.508 e. The number of benzene rings is 4. The Morgan fingerprint density at radius 1 is 0.882 bits per heavy atom. The van der Waals surface area contributed by atoms with Crippen LogP contribution in [0.3, 0.4) is 0 Å². The van der Waals surface area contributed by atoms with Crippen molar-refractivity contribution in [3.8, 4) is 11.5 Å². The molecule has 8 rings (SSSR count). The number of phenols is 1. The maximum atomic E-state index is 14.7. The fourth-order valence-electron chi connectivity index (χ4n) is 8.67. The van der Waals surface area contributed by atoms with Crippen molar-refractivity contribution in [1.29, 1.82) is 0 Å². The van der Waals surface area contributed by atoms with Crippen LogP contribution in [0, 0.1) is 34.9 Å². The van der Waals surface area contributed by atoms with Crippen molar-refractivity contribution >= 4 is 62.5 Å². The number of carbonyl (C=O) groups is 4. The minimum atomic E-state index is -1.41. The van der Waals surface area contributed by atoms with Gasteiger partial charge in [0.15, 0.2) is 0 Å². The number of halogens is 3. The van der Waals surface area contributed by atoms with Gasteiger partial charge in [0.1, 0.15) is 23.9 Å². The number of ether oxygens (including phenoxy) is 1. The first-order valence-corrected chi connectivity index (χ1v) is 17.8. The molecule has 1 N–H and O–H groups in total. The van der Waals surface area contributed by atoms with Crippen molar-refractivity contribution in [2.75, 3.05) is 9.80 Å². The molecule has 4 aromatic carbocycles. The second-order valence-corrected chi connectivity index (χ2v) is 15.1. The molecule has 6 unspecified atom stereocenters. The molecule has 2 aliphatic heterocycles. The van der Waals surface area contributed by atoms with E-state index in [1.807, 2.05) is 36.4 Å². The number of imide groups is 2. The van der Waals surface area contributed by atoms with Crippen LogP contribution in [0.25, 0.3) is 0 Å². The average Bonchev–Trinajstić information content (AvgIpc) is 3.49. The number of aromatic hydroxyl groups is 1. The molecule has 4 aromatic rings. The Hall–Kier alpha value is -4.80. The van der Waals surface area contributed by atoms with Gasteiger partial charge in [-0.1, -0.05) is 75.6 Å². The van der Waals surface area contributed by atoms with Gasteiger partial charge in [-0.25, -0.2) is 9.29 Å². The summed E-state index contributed by atoms with van der Waals surface area (Å²) in [7, 11) is 0. The number of rotatable bonds is 6. The number of anilines is 2. The number of phenolic OH excluding ortho intramolecular Hbond substituents is 1. The SMILES string of the molecule is CC12C(=O)N(c3ccc(F)c(Cl)c3)C(=O)C1CC1C(=CCC3C(=O)N(c4ccc(Br)cc4)C(=O)C31)C2c1ccc(OCc2ccccc2)cc1O. The highest BCUT2D eigenvalue weighted by Crippen LogP contribution is 2.64. The lowest BCUT2D eigenvalue weighted by Gasteiger charge is -2.49. The Labute approximate surface area is 306 Å². The number of carbonyl (C=O) groups excluding carboxylic acids is 4. The number of nitrogens with zero attached hydrogens (tertiary/aromatic N) is 2. The molecule has 2 heterocycles. The zero-order valence-corrected chi connectivity index (χ0v) is 29.6. The topological polar surface area (TPSA) is 104 Å². The summed E-state index contributed by atoms with van der Waals surface area (Å²) in [6.45, 7) is 1.98. The molecule has 51 heavy (non-hydrogen) atoms. The van der Waals surface area contributed by atoms with E-state index in [0.29, 0.717) is 17.0 Å². The summed E-state index contributed by atoms with van der Waals surface area (Å²) in [5.74, 6) is -5.92. The minimum absolute atomic E-state index is 0.127. The summed E-state index contributed by atoms with van der Waals surface area (Å²) in [5.41, 5.74) is 1.23. The second kappa shape index (κ2) is 12.5. The number of hydrogen-bond donors (Lipinski definition) is 1. The molecule has 4 amide bonds. The molecule has 4 aliphatic rings. The van der Waals surface area contributed by atoms with Crippen molar-refractivity contribution in [2.24, 2.45) is 29.1 Å².